The van der Waals surface area contributed by atoms with Gasteiger partial charge in [-0.15, -0.1) is 0 Å². The molecule has 92 valence electrons. The molecule has 0 bridgehead atoms. The normalized spacial score (nSPS) is 13.2. The number of aromatic nitrogens is 1. The number of nitrogens with zero attached hydrogens (tertiary/aromatic N) is 1. The van der Waals surface area contributed by atoms with Gasteiger partial charge in [-0.25, -0.2) is 4.98 Å². The van der Waals surface area contributed by atoms with Crippen molar-refractivity contribution >= 4 is 34.3 Å². The molecule has 0 fully saturated rings. The Morgan fingerprint density at radius 3 is 2.88 bits per heavy atom. The van der Waals surface area contributed by atoms with Crippen LogP contribution in [0.5, 0.6) is 0 Å². The number of rotatable bonds is 4. The van der Waals surface area contributed by atoms with Crippen LogP contribution in [-0.2, 0) is 6.42 Å². The van der Waals surface area contributed by atoms with Gasteiger partial charge in [0.1, 0.15) is 5.52 Å². The molecule has 0 aliphatic rings. The quantitative estimate of drug-likeness (QED) is 0.921. The summed E-state index contributed by atoms with van der Waals surface area (Å²) in [6.45, 7) is 1.99. The molecule has 1 aromatic carbocycles. The summed E-state index contributed by atoms with van der Waals surface area (Å²) in [6.07, 6.45) is 2.67. The van der Waals surface area contributed by atoms with E-state index in [1.54, 1.807) is 12.1 Å². The van der Waals surface area contributed by atoms with Gasteiger partial charge in [0.15, 0.2) is 11.5 Å². The van der Waals surface area contributed by atoms with E-state index in [0.29, 0.717) is 27.0 Å². The first kappa shape index (κ1) is 12.7. The highest BCUT2D eigenvalue weighted by Crippen LogP contribution is 2.28. The van der Waals surface area contributed by atoms with E-state index in [1.807, 2.05) is 6.92 Å². The van der Waals surface area contributed by atoms with Crippen molar-refractivity contribution in [1.82, 2.24) is 4.98 Å². The first-order chi connectivity index (χ1) is 8.06. The number of nitrogens with two attached hydrogens (primary N) is 1. The average Bonchev–Trinajstić information content (AvgIpc) is 2.60. The Bertz CT molecular complexity index is 522. The second-order valence-electron chi connectivity index (χ2n) is 4.21. The van der Waals surface area contributed by atoms with E-state index < -0.39 is 0 Å². The summed E-state index contributed by atoms with van der Waals surface area (Å²) in [6, 6.07) is 3.61. The molecule has 3 nitrogen and oxygen atoms in total. The van der Waals surface area contributed by atoms with Gasteiger partial charge in [-0.2, -0.15) is 0 Å². The molecular weight excluding hydrogens is 259 g/mol. The molecule has 1 atom stereocenters. The molecule has 0 spiro atoms. The van der Waals surface area contributed by atoms with Gasteiger partial charge >= 0.3 is 0 Å². The maximum absolute atomic E-state index is 6.02. The van der Waals surface area contributed by atoms with E-state index in [9.17, 15) is 0 Å². The van der Waals surface area contributed by atoms with Crippen molar-refractivity contribution in [3.8, 4) is 0 Å². The fourth-order valence-corrected chi connectivity index (χ4v) is 2.21. The third kappa shape index (κ3) is 3.12. The lowest BCUT2D eigenvalue weighted by molar-refractivity contribution is 0.503. The van der Waals surface area contributed by atoms with Crippen molar-refractivity contribution in [2.24, 2.45) is 5.73 Å². The molecule has 2 N–H and O–H groups in total. The standard InChI is InChI=1S/C12H14Cl2N2O/c1-7(15)3-2-4-11-16-10-6-8(13)5-9(14)12(10)17-11/h5-7H,2-4,15H2,1H3. The number of hydrogen-bond donors (Lipinski definition) is 1. The van der Waals surface area contributed by atoms with Gasteiger partial charge in [-0.05, 0) is 31.9 Å². The van der Waals surface area contributed by atoms with Crippen LogP contribution in [0.3, 0.4) is 0 Å². The van der Waals surface area contributed by atoms with Crippen LogP contribution in [0.25, 0.3) is 11.1 Å². The zero-order valence-electron chi connectivity index (χ0n) is 9.54. The van der Waals surface area contributed by atoms with E-state index in [4.69, 9.17) is 33.4 Å². The number of oxazole rings is 1. The Hall–Kier alpha value is -0.770. The predicted molar refractivity (Wildman–Crippen MR) is 70.6 cm³/mol. The first-order valence-corrected chi connectivity index (χ1v) is 6.32. The largest absolute Gasteiger partial charge is 0.439 e. The van der Waals surface area contributed by atoms with Gasteiger partial charge in [0.05, 0.1) is 5.02 Å². The molecule has 2 rings (SSSR count). The molecule has 0 saturated carbocycles. The molecular formula is C12H14Cl2N2O. The van der Waals surface area contributed by atoms with E-state index in [-0.39, 0.29) is 6.04 Å². The van der Waals surface area contributed by atoms with Gasteiger partial charge in [0.2, 0.25) is 0 Å². The minimum atomic E-state index is 0.206. The number of hydrogen-bond acceptors (Lipinski definition) is 3. The summed E-state index contributed by atoms with van der Waals surface area (Å²) in [5, 5.41) is 1.07. The molecule has 17 heavy (non-hydrogen) atoms. The maximum atomic E-state index is 6.02. The van der Waals surface area contributed by atoms with Crippen molar-refractivity contribution in [1.29, 1.82) is 0 Å². The highest BCUT2D eigenvalue weighted by atomic mass is 35.5. The molecule has 0 amide bonds. The zero-order chi connectivity index (χ0) is 12.4. The summed E-state index contributed by atoms with van der Waals surface area (Å²) in [5.41, 5.74) is 7.00. The second-order valence-corrected chi connectivity index (χ2v) is 5.06. The third-order valence-electron chi connectivity index (χ3n) is 2.50. The number of fused-ring (bicyclic) bond motifs is 1. The Morgan fingerprint density at radius 2 is 2.18 bits per heavy atom. The summed E-state index contributed by atoms with van der Waals surface area (Å²) < 4.78 is 5.59. The smallest absolute Gasteiger partial charge is 0.195 e. The monoisotopic (exact) mass is 272 g/mol. The van der Waals surface area contributed by atoms with E-state index >= 15 is 0 Å². The highest BCUT2D eigenvalue weighted by Gasteiger charge is 2.10. The Balaban J connectivity index is 2.17. The molecule has 1 heterocycles. The lowest BCUT2D eigenvalue weighted by atomic mass is 10.1. The van der Waals surface area contributed by atoms with Crippen molar-refractivity contribution < 1.29 is 4.42 Å². The minimum Gasteiger partial charge on any atom is -0.439 e. The number of halogens is 2. The van der Waals surface area contributed by atoms with Gasteiger partial charge in [-0.1, -0.05) is 23.2 Å². The van der Waals surface area contributed by atoms with Crippen LogP contribution in [0, 0.1) is 0 Å². The van der Waals surface area contributed by atoms with Crippen molar-refractivity contribution in [3.63, 3.8) is 0 Å². The first-order valence-electron chi connectivity index (χ1n) is 5.56. The van der Waals surface area contributed by atoms with Crippen LogP contribution in [0.2, 0.25) is 10.0 Å². The fraction of sp³-hybridized carbons (Fsp3) is 0.417. The van der Waals surface area contributed by atoms with Gasteiger partial charge in [0, 0.05) is 17.5 Å². The molecule has 1 unspecified atom stereocenters. The van der Waals surface area contributed by atoms with Gasteiger partial charge in [0.25, 0.3) is 0 Å². The van der Waals surface area contributed by atoms with Crippen LogP contribution >= 0.6 is 23.2 Å². The summed E-state index contributed by atoms with van der Waals surface area (Å²) in [4.78, 5) is 4.35. The minimum absolute atomic E-state index is 0.206. The van der Waals surface area contributed by atoms with Crippen LogP contribution in [0.4, 0.5) is 0 Å². The van der Waals surface area contributed by atoms with Crippen molar-refractivity contribution in [2.45, 2.75) is 32.2 Å². The van der Waals surface area contributed by atoms with E-state index in [1.165, 1.54) is 0 Å². The van der Waals surface area contributed by atoms with Crippen LogP contribution in [0.1, 0.15) is 25.7 Å². The Kier molecular flexibility index (Phi) is 3.92. The third-order valence-corrected chi connectivity index (χ3v) is 3.00. The Labute approximate surface area is 110 Å². The van der Waals surface area contributed by atoms with E-state index in [0.717, 1.165) is 19.3 Å². The predicted octanol–water partition coefficient (Wildman–Crippen LogP) is 3.80. The molecule has 1 aromatic heterocycles. The van der Waals surface area contributed by atoms with Crippen molar-refractivity contribution in [3.05, 3.63) is 28.1 Å². The summed E-state index contributed by atoms with van der Waals surface area (Å²) in [5.74, 6) is 0.685. The van der Waals surface area contributed by atoms with Crippen molar-refractivity contribution in [2.75, 3.05) is 0 Å². The SMILES string of the molecule is CC(N)CCCc1nc2cc(Cl)cc(Cl)c2o1. The topological polar surface area (TPSA) is 52.0 Å². The second kappa shape index (κ2) is 5.25. The molecule has 5 heteroatoms. The molecule has 0 aliphatic carbocycles. The summed E-state index contributed by atoms with van der Waals surface area (Å²) >= 11 is 11.9. The van der Waals surface area contributed by atoms with Gasteiger partial charge in [-0.3, -0.25) is 0 Å². The van der Waals surface area contributed by atoms with Crippen LogP contribution < -0.4 is 5.73 Å². The fourth-order valence-electron chi connectivity index (χ4n) is 1.69. The van der Waals surface area contributed by atoms with Crippen LogP contribution in [-0.4, -0.2) is 11.0 Å². The Morgan fingerprint density at radius 1 is 1.41 bits per heavy atom. The van der Waals surface area contributed by atoms with Gasteiger partial charge < -0.3 is 10.2 Å². The molecule has 2 aromatic rings. The zero-order valence-corrected chi connectivity index (χ0v) is 11.1. The molecule has 0 aliphatic heterocycles. The highest BCUT2D eigenvalue weighted by molar-refractivity contribution is 6.37. The molecule has 0 radical (unpaired) electrons. The number of aryl methyl sites for hydroxylation is 1. The van der Waals surface area contributed by atoms with E-state index in [2.05, 4.69) is 4.98 Å². The lowest BCUT2D eigenvalue weighted by Gasteiger charge is -2.01. The maximum Gasteiger partial charge on any atom is 0.195 e. The summed E-state index contributed by atoms with van der Waals surface area (Å²) in [7, 11) is 0. The lowest BCUT2D eigenvalue weighted by Crippen LogP contribution is -2.14. The average molecular weight is 273 g/mol. The number of benzene rings is 1. The van der Waals surface area contributed by atoms with Crippen LogP contribution in [0.15, 0.2) is 16.5 Å². The molecule has 0 saturated heterocycles.